The molecule has 0 atom stereocenters. The van der Waals surface area contributed by atoms with Crippen LogP contribution < -0.4 is 5.32 Å². The highest BCUT2D eigenvalue weighted by molar-refractivity contribution is 7.14. The molecule has 0 fully saturated rings. The molecule has 0 unspecified atom stereocenters. The summed E-state index contributed by atoms with van der Waals surface area (Å²) in [6.07, 6.45) is -0.506. The van der Waals surface area contributed by atoms with Gasteiger partial charge in [0.1, 0.15) is 0 Å². The summed E-state index contributed by atoms with van der Waals surface area (Å²) in [4.78, 5) is 15.5. The maximum absolute atomic E-state index is 11.1. The van der Waals surface area contributed by atoms with Crippen LogP contribution in [0.1, 0.15) is 26.3 Å². The van der Waals surface area contributed by atoms with Gasteiger partial charge >= 0.3 is 6.09 Å². The second kappa shape index (κ2) is 5.63. The van der Waals surface area contributed by atoms with E-state index in [9.17, 15) is 4.79 Å². The molecule has 5 heteroatoms. The molecule has 106 valence electrons. The number of benzene rings is 1. The Labute approximate surface area is 122 Å². The predicted octanol–water partition coefficient (Wildman–Crippen LogP) is 4.29. The summed E-state index contributed by atoms with van der Waals surface area (Å²) in [5.74, 6) is 0. The number of amides is 1. The van der Waals surface area contributed by atoms with Crippen molar-refractivity contribution in [2.75, 3.05) is 12.4 Å². The van der Waals surface area contributed by atoms with Crippen molar-refractivity contribution in [1.82, 2.24) is 4.98 Å². The predicted molar refractivity (Wildman–Crippen MR) is 82.3 cm³/mol. The van der Waals surface area contributed by atoms with Crippen molar-refractivity contribution in [3.63, 3.8) is 0 Å². The molecular formula is C15H18N2O2S. The summed E-state index contributed by atoms with van der Waals surface area (Å²) in [5.41, 5.74) is 3.30. The molecule has 1 aromatic heterocycles. The van der Waals surface area contributed by atoms with E-state index in [0.717, 1.165) is 11.3 Å². The Hall–Kier alpha value is -1.88. The topological polar surface area (TPSA) is 51.2 Å². The molecular weight excluding hydrogens is 272 g/mol. The van der Waals surface area contributed by atoms with Gasteiger partial charge in [0.2, 0.25) is 0 Å². The average molecular weight is 290 g/mol. The van der Waals surface area contributed by atoms with Crippen molar-refractivity contribution >= 4 is 22.6 Å². The number of anilines is 1. The molecule has 20 heavy (non-hydrogen) atoms. The minimum Gasteiger partial charge on any atom is -0.453 e. The molecule has 1 heterocycles. The molecule has 1 N–H and O–H groups in total. The van der Waals surface area contributed by atoms with Gasteiger partial charge in [-0.05, 0) is 11.0 Å². The van der Waals surface area contributed by atoms with Crippen molar-refractivity contribution in [3.05, 3.63) is 35.2 Å². The van der Waals surface area contributed by atoms with Crippen LogP contribution in [-0.2, 0) is 10.2 Å². The zero-order chi connectivity index (χ0) is 14.8. The number of thiazole rings is 1. The summed E-state index contributed by atoms with van der Waals surface area (Å²) in [6.45, 7) is 6.55. The third-order valence-corrected chi connectivity index (χ3v) is 3.70. The van der Waals surface area contributed by atoms with Crippen LogP contribution >= 0.6 is 11.3 Å². The fourth-order valence-electron chi connectivity index (χ4n) is 1.74. The van der Waals surface area contributed by atoms with Gasteiger partial charge in [-0.25, -0.2) is 9.78 Å². The van der Waals surface area contributed by atoms with Crippen molar-refractivity contribution in [3.8, 4) is 11.3 Å². The van der Waals surface area contributed by atoms with Crippen molar-refractivity contribution in [2.45, 2.75) is 26.2 Å². The van der Waals surface area contributed by atoms with Gasteiger partial charge in [0.05, 0.1) is 12.8 Å². The number of ether oxygens (including phenoxy) is 1. The van der Waals surface area contributed by atoms with Crippen molar-refractivity contribution in [1.29, 1.82) is 0 Å². The first-order valence-electron chi connectivity index (χ1n) is 6.31. The largest absolute Gasteiger partial charge is 0.453 e. The maximum atomic E-state index is 11.1. The Kier molecular flexibility index (Phi) is 4.09. The molecule has 1 aromatic carbocycles. The lowest BCUT2D eigenvalue weighted by Crippen LogP contribution is -2.10. The Balaban J connectivity index is 2.18. The van der Waals surface area contributed by atoms with E-state index in [1.807, 2.05) is 5.38 Å². The fraction of sp³-hybridized carbons (Fsp3) is 0.333. The molecule has 0 bridgehead atoms. The Morgan fingerprint density at radius 3 is 2.45 bits per heavy atom. The van der Waals surface area contributed by atoms with Crippen LogP contribution in [0, 0.1) is 0 Å². The van der Waals surface area contributed by atoms with Crippen molar-refractivity contribution in [2.24, 2.45) is 0 Å². The number of methoxy groups -OCH3 is 1. The van der Waals surface area contributed by atoms with Gasteiger partial charge in [-0.2, -0.15) is 0 Å². The van der Waals surface area contributed by atoms with E-state index < -0.39 is 6.09 Å². The molecule has 0 saturated heterocycles. The number of nitrogens with one attached hydrogen (secondary N) is 1. The monoisotopic (exact) mass is 290 g/mol. The van der Waals surface area contributed by atoms with Crippen LogP contribution in [0.25, 0.3) is 11.3 Å². The van der Waals surface area contributed by atoms with Gasteiger partial charge in [-0.3, -0.25) is 5.32 Å². The molecule has 0 aliphatic heterocycles. The molecule has 4 nitrogen and oxygen atoms in total. The number of nitrogens with zero attached hydrogens (tertiary/aromatic N) is 1. The van der Waals surface area contributed by atoms with Gasteiger partial charge < -0.3 is 4.74 Å². The van der Waals surface area contributed by atoms with E-state index in [2.05, 4.69) is 60.1 Å². The van der Waals surface area contributed by atoms with Crippen LogP contribution in [-0.4, -0.2) is 18.2 Å². The highest BCUT2D eigenvalue weighted by Gasteiger charge is 2.14. The average Bonchev–Trinajstić information content (AvgIpc) is 2.86. The van der Waals surface area contributed by atoms with Crippen LogP contribution in [0.3, 0.4) is 0 Å². The van der Waals surface area contributed by atoms with Crippen LogP contribution in [0.2, 0.25) is 0 Å². The van der Waals surface area contributed by atoms with Crippen LogP contribution in [0.15, 0.2) is 29.6 Å². The number of hydrogen-bond acceptors (Lipinski definition) is 4. The Morgan fingerprint density at radius 2 is 1.90 bits per heavy atom. The van der Waals surface area contributed by atoms with Gasteiger partial charge in [0.15, 0.2) is 5.13 Å². The summed E-state index contributed by atoms with van der Waals surface area (Å²) in [6, 6.07) is 8.33. The number of aromatic nitrogens is 1. The Bertz CT molecular complexity index is 597. The van der Waals surface area contributed by atoms with Crippen LogP contribution in [0.5, 0.6) is 0 Å². The first-order chi connectivity index (χ1) is 9.40. The highest BCUT2D eigenvalue weighted by Crippen LogP contribution is 2.28. The second-order valence-electron chi connectivity index (χ2n) is 5.48. The smallest absolute Gasteiger partial charge is 0.413 e. The van der Waals surface area contributed by atoms with E-state index in [-0.39, 0.29) is 5.41 Å². The summed E-state index contributed by atoms with van der Waals surface area (Å²) >= 11 is 1.37. The van der Waals surface area contributed by atoms with Gasteiger partial charge in [-0.1, -0.05) is 45.0 Å². The first kappa shape index (κ1) is 14.5. The quantitative estimate of drug-likeness (QED) is 0.897. The summed E-state index contributed by atoms with van der Waals surface area (Å²) < 4.78 is 4.54. The molecule has 0 saturated carbocycles. The van der Waals surface area contributed by atoms with E-state index in [1.165, 1.54) is 24.0 Å². The number of carbonyl (C=O) groups excluding carboxylic acids is 1. The maximum Gasteiger partial charge on any atom is 0.413 e. The Morgan fingerprint density at radius 1 is 1.25 bits per heavy atom. The lowest BCUT2D eigenvalue weighted by molar-refractivity contribution is 0.187. The lowest BCUT2D eigenvalue weighted by atomic mass is 9.86. The van der Waals surface area contributed by atoms with Gasteiger partial charge in [0, 0.05) is 10.9 Å². The standard InChI is InChI=1S/C15H18N2O2S/c1-15(2,3)11-7-5-10(6-8-11)12-9-20-13(16-12)17-14(18)19-4/h5-9H,1-4H3,(H,16,17,18). The molecule has 0 aliphatic carbocycles. The first-order valence-corrected chi connectivity index (χ1v) is 7.19. The molecule has 2 rings (SSSR count). The van der Waals surface area contributed by atoms with Crippen LogP contribution in [0.4, 0.5) is 9.93 Å². The summed E-state index contributed by atoms with van der Waals surface area (Å²) in [5, 5.41) is 5.01. The number of hydrogen-bond donors (Lipinski definition) is 1. The normalized spacial score (nSPS) is 11.2. The molecule has 0 aliphatic rings. The van der Waals surface area contributed by atoms with E-state index in [1.54, 1.807) is 0 Å². The minimum atomic E-state index is -0.506. The fourth-order valence-corrected chi connectivity index (χ4v) is 2.45. The zero-order valence-corrected chi connectivity index (χ0v) is 12.9. The van der Waals surface area contributed by atoms with Crippen molar-refractivity contribution < 1.29 is 9.53 Å². The third kappa shape index (κ3) is 3.36. The molecule has 2 aromatic rings. The molecule has 1 amide bonds. The summed E-state index contributed by atoms with van der Waals surface area (Å²) in [7, 11) is 1.33. The third-order valence-electron chi connectivity index (χ3n) is 2.95. The zero-order valence-electron chi connectivity index (χ0n) is 12.1. The van der Waals surface area contributed by atoms with Gasteiger partial charge in [-0.15, -0.1) is 11.3 Å². The SMILES string of the molecule is COC(=O)Nc1nc(-c2ccc(C(C)(C)C)cc2)cs1. The van der Waals surface area contributed by atoms with E-state index in [0.29, 0.717) is 5.13 Å². The second-order valence-corrected chi connectivity index (χ2v) is 6.34. The number of carbonyl (C=O) groups is 1. The molecule has 0 radical (unpaired) electrons. The molecule has 0 spiro atoms. The highest BCUT2D eigenvalue weighted by atomic mass is 32.1. The number of rotatable bonds is 2. The minimum absolute atomic E-state index is 0.137. The van der Waals surface area contributed by atoms with E-state index in [4.69, 9.17) is 0 Å². The van der Waals surface area contributed by atoms with E-state index >= 15 is 0 Å². The van der Waals surface area contributed by atoms with Gasteiger partial charge in [0.25, 0.3) is 0 Å². The lowest BCUT2D eigenvalue weighted by Gasteiger charge is -2.18.